The number of hydrogen-bond donors (Lipinski definition) is 3. The second-order valence-corrected chi connectivity index (χ2v) is 4.08. The molecule has 0 aliphatic heterocycles. The fourth-order valence-electron chi connectivity index (χ4n) is 1.49. The Morgan fingerprint density at radius 3 is 2.50 bits per heavy atom. The van der Waals surface area contributed by atoms with Crippen LogP contribution in [0.1, 0.15) is 5.56 Å². The summed E-state index contributed by atoms with van der Waals surface area (Å²) < 4.78 is 17.3. The lowest BCUT2D eigenvalue weighted by molar-refractivity contribution is -0.147. The minimum atomic E-state index is -1.14. The average molecular weight is 284 g/mol. The molecular formula is C13H17FN2O4. The van der Waals surface area contributed by atoms with Gasteiger partial charge in [-0.2, -0.15) is 0 Å². The van der Waals surface area contributed by atoms with Gasteiger partial charge in [-0.05, 0) is 24.1 Å². The standard InChI is InChI=1S/C13H17FN2O4/c1-20-11(12(17)18)8-16-13(19)15-7-6-9-2-4-10(14)5-3-9/h2-5,11H,6-8H2,1H3,(H,17,18)(H2,15,16,19). The van der Waals surface area contributed by atoms with Crippen molar-refractivity contribution >= 4 is 12.0 Å². The summed E-state index contributed by atoms with van der Waals surface area (Å²) in [4.78, 5) is 22.0. The van der Waals surface area contributed by atoms with Crippen molar-refractivity contribution in [2.24, 2.45) is 0 Å². The Balaban J connectivity index is 2.23. The third-order valence-electron chi connectivity index (χ3n) is 2.62. The Morgan fingerprint density at radius 1 is 1.30 bits per heavy atom. The van der Waals surface area contributed by atoms with Gasteiger partial charge in [-0.1, -0.05) is 12.1 Å². The molecule has 20 heavy (non-hydrogen) atoms. The van der Waals surface area contributed by atoms with Crippen molar-refractivity contribution in [3.8, 4) is 0 Å². The van der Waals surface area contributed by atoms with E-state index in [2.05, 4.69) is 15.4 Å². The fourth-order valence-corrected chi connectivity index (χ4v) is 1.49. The zero-order valence-electron chi connectivity index (χ0n) is 11.1. The molecule has 1 aromatic carbocycles. The van der Waals surface area contributed by atoms with Crippen LogP contribution in [0.5, 0.6) is 0 Å². The predicted molar refractivity (Wildman–Crippen MR) is 69.9 cm³/mol. The molecule has 1 rings (SSSR count). The van der Waals surface area contributed by atoms with E-state index in [4.69, 9.17) is 5.11 Å². The van der Waals surface area contributed by atoms with Crippen molar-refractivity contribution in [2.45, 2.75) is 12.5 Å². The smallest absolute Gasteiger partial charge is 0.334 e. The van der Waals surface area contributed by atoms with E-state index in [0.29, 0.717) is 13.0 Å². The van der Waals surface area contributed by atoms with Gasteiger partial charge in [0.1, 0.15) is 5.82 Å². The van der Waals surface area contributed by atoms with E-state index >= 15 is 0 Å². The van der Waals surface area contributed by atoms with E-state index in [9.17, 15) is 14.0 Å². The topological polar surface area (TPSA) is 87.7 Å². The molecule has 1 unspecified atom stereocenters. The summed E-state index contributed by atoms with van der Waals surface area (Å²) >= 11 is 0. The monoisotopic (exact) mass is 284 g/mol. The zero-order chi connectivity index (χ0) is 15.0. The number of hydrogen-bond acceptors (Lipinski definition) is 3. The van der Waals surface area contributed by atoms with E-state index in [1.807, 2.05) is 0 Å². The first kappa shape index (κ1) is 15.9. The van der Waals surface area contributed by atoms with Crippen LogP contribution >= 0.6 is 0 Å². The molecule has 0 bridgehead atoms. The summed E-state index contributed by atoms with van der Waals surface area (Å²) in [6.45, 7) is 0.246. The quantitative estimate of drug-likeness (QED) is 0.690. The maximum Gasteiger partial charge on any atom is 0.334 e. The maximum atomic E-state index is 12.7. The highest BCUT2D eigenvalue weighted by atomic mass is 19.1. The number of carboxylic acid groups (broad SMARTS) is 1. The maximum absolute atomic E-state index is 12.7. The Kier molecular flexibility index (Phi) is 6.45. The van der Waals surface area contributed by atoms with Gasteiger partial charge in [0.25, 0.3) is 0 Å². The minimum absolute atomic E-state index is 0.117. The van der Waals surface area contributed by atoms with Gasteiger partial charge in [0.15, 0.2) is 6.10 Å². The van der Waals surface area contributed by atoms with Crippen LogP contribution in [-0.2, 0) is 16.0 Å². The van der Waals surface area contributed by atoms with Gasteiger partial charge in [0, 0.05) is 13.7 Å². The molecule has 1 aromatic rings. The number of methoxy groups -OCH3 is 1. The van der Waals surface area contributed by atoms with Crippen LogP contribution in [0.3, 0.4) is 0 Å². The first-order valence-electron chi connectivity index (χ1n) is 6.04. The van der Waals surface area contributed by atoms with Crippen molar-refractivity contribution in [1.29, 1.82) is 0 Å². The van der Waals surface area contributed by atoms with Crippen molar-refractivity contribution in [3.05, 3.63) is 35.6 Å². The number of aliphatic carboxylic acids is 1. The number of rotatable bonds is 7. The van der Waals surface area contributed by atoms with E-state index in [1.165, 1.54) is 19.2 Å². The van der Waals surface area contributed by atoms with Crippen LogP contribution in [0.25, 0.3) is 0 Å². The van der Waals surface area contributed by atoms with Gasteiger partial charge in [-0.3, -0.25) is 0 Å². The Morgan fingerprint density at radius 2 is 1.95 bits per heavy atom. The Labute approximate surface area is 115 Å². The molecule has 0 heterocycles. The zero-order valence-corrected chi connectivity index (χ0v) is 11.1. The molecule has 0 aliphatic rings. The normalized spacial score (nSPS) is 11.7. The fraction of sp³-hybridized carbons (Fsp3) is 0.385. The van der Waals surface area contributed by atoms with Crippen LogP contribution in [0.15, 0.2) is 24.3 Å². The number of carbonyl (C=O) groups excluding carboxylic acids is 1. The van der Waals surface area contributed by atoms with Crippen LogP contribution < -0.4 is 10.6 Å². The highest BCUT2D eigenvalue weighted by Gasteiger charge is 2.16. The number of carbonyl (C=O) groups is 2. The molecule has 0 fully saturated rings. The van der Waals surface area contributed by atoms with Gasteiger partial charge >= 0.3 is 12.0 Å². The van der Waals surface area contributed by atoms with E-state index < -0.39 is 18.1 Å². The van der Waals surface area contributed by atoms with Crippen molar-refractivity contribution in [3.63, 3.8) is 0 Å². The molecular weight excluding hydrogens is 267 g/mol. The summed E-state index contributed by atoms with van der Waals surface area (Å²) in [7, 11) is 1.26. The molecule has 0 aromatic heterocycles. The first-order valence-corrected chi connectivity index (χ1v) is 6.04. The third-order valence-corrected chi connectivity index (χ3v) is 2.62. The van der Waals surface area contributed by atoms with Gasteiger partial charge in [0.05, 0.1) is 6.54 Å². The van der Waals surface area contributed by atoms with E-state index in [1.54, 1.807) is 12.1 Å². The number of ether oxygens (including phenoxy) is 1. The number of benzene rings is 1. The molecule has 0 spiro atoms. The lowest BCUT2D eigenvalue weighted by Gasteiger charge is -2.12. The summed E-state index contributed by atoms with van der Waals surface area (Å²) in [5.41, 5.74) is 0.895. The second-order valence-electron chi connectivity index (χ2n) is 4.08. The molecule has 3 N–H and O–H groups in total. The molecule has 0 saturated heterocycles. The number of nitrogens with one attached hydrogen (secondary N) is 2. The summed E-state index contributed by atoms with van der Waals surface area (Å²) in [5.74, 6) is -1.45. The highest BCUT2D eigenvalue weighted by molar-refractivity contribution is 5.76. The van der Waals surface area contributed by atoms with Crippen molar-refractivity contribution < 1.29 is 23.8 Å². The van der Waals surface area contributed by atoms with Gasteiger partial charge in [0.2, 0.25) is 0 Å². The summed E-state index contributed by atoms with van der Waals surface area (Å²) in [5, 5.41) is 13.7. The molecule has 6 nitrogen and oxygen atoms in total. The Hall–Kier alpha value is -2.15. The molecule has 2 amide bonds. The van der Waals surface area contributed by atoms with Crippen LogP contribution in [0.4, 0.5) is 9.18 Å². The van der Waals surface area contributed by atoms with Crippen LogP contribution in [0, 0.1) is 5.82 Å². The highest BCUT2D eigenvalue weighted by Crippen LogP contribution is 2.02. The van der Waals surface area contributed by atoms with Crippen LogP contribution in [0.2, 0.25) is 0 Å². The molecule has 0 aliphatic carbocycles. The molecule has 0 saturated carbocycles. The number of carboxylic acids is 1. The van der Waals surface area contributed by atoms with Crippen molar-refractivity contribution in [2.75, 3.05) is 20.2 Å². The van der Waals surface area contributed by atoms with E-state index in [-0.39, 0.29) is 12.4 Å². The SMILES string of the molecule is COC(CNC(=O)NCCc1ccc(F)cc1)C(=O)O. The number of amides is 2. The summed E-state index contributed by atoms with van der Waals surface area (Å²) in [6.07, 6.45) is -0.516. The largest absolute Gasteiger partial charge is 0.479 e. The lowest BCUT2D eigenvalue weighted by Crippen LogP contribution is -2.43. The number of urea groups is 1. The van der Waals surface area contributed by atoms with Crippen molar-refractivity contribution in [1.82, 2.24) is 10.6 Å². The Bertz CT molecular complexity index is 450. The average Bonchev–Trinajstić information content (AvgIpc) is 2.41. The minimum Gasteiger partial charge on any atom is -0.479 e. The molecule has 1 atom stereocenters. The molecule has 0 radical (unpaired) electrons. The third kappa shape index (κ3) is 5.66. The number of halogens is 1. The predicted octanol–water partition coefficient (Wildman–Crippen LogP) is 0.767. The van der Waals surface area contributed by atoms with Gasteiger partial charge < -0.3 is 20.5 Å². The first-order chi connectivity index (χ1) is 9.52. The molecule has 110 valence electrons. The lowest BCUT2D eigenvalue weighted by atomic mass is 10.1. The summed E-state index contributed by atoms with van der Waals surface area (Å²) in [6, 6.07) is 5.51. The van der Waals surface area contributed by atoms with Gasteiger partial charge in [-0.25, -0.2) is 14.0 Å². The van der Waals surface area contributed by atoms with Crippen LogP contribution in [-0.4, -0.2) is 43.4 Å². The second kappa shape index (κ2) is 8.11. The molecule has 7 heteroatoms. The van der Waals surface area contributed by atoms with Gasteiger partial charge in [-0.15, -0.1) is 0 Å². The van der Waals surface area contributed by atoms with E-state index in [0.717, 1.165) is 5.56 Å².